The van der Waals surface area contributed by atoms with E-state index in [1.807, 2.05) is 42.1 Å². The maximum atomic E-state index is 10.1. The summed E-state index contributed by atoms with van der Waals surface area (Å²) in [5, 5.41) is 12.3. The number of nitrogens with zero attached hydrogens (tertiary/aromatic N) is 2. The number of pyridine rings is 1. The van der Waals surface area contributed by atoms with Gasteiger partial charge in [-0.2, -0.15) is 0 Å². The number of aliphatic imine (C=N–C) groups is 1. The minimum Gasteiger partial charge on any atom is -0.506 e. The third-order valence-corrected chi connectivity index (χ3v) is 7.20. The van der Waals surface area contributed by atoms with Gasteiger partial charge < -0.3 is 14.8 Å². The Morgan fingerprint density at radius 2 is 1.84 bits per heavy atom. The quantitative estimate of drug-likeness (QED) is 0.283. The second kappa shape index (κ2) is 8.72. The van der Waals surface area contributed by atoms with Gasteiger partial charge in [0.2, 0.25) is 5.88 Å². The molecular weight excluding hydrogens is 599 g/mol. The molecule has 1 unspecified atom stereocenters. The summed E-state index contributed by atoms with van der Waals surface area (Å²) in [5.74, 6) is 1.14. The SMILES string of the molecule is Oc1cccc2ccc(Oc3[c-]c(C4=N[C@H]5CCc6ccccc6C5S4)ccc3)nc12.[Pt]. The summed E-state index contributed by atoms with van der Waals surface area (Å²) >= 11 is 1.82. The van der Waals surface area contributed by atoms with Crippen molar-refractivity contribution in [1.29, 1.82) is 0 Å². The van der Waals surface area contributed by atoms with E-state index in [2.05, 4.69) is 35.3 Å². The number of aromatic nitrogens is 1. The van der Waals surface area contributed by atoms with Gasteiger partial charge in [0.1, 0.15) is 11.3 Å². The van der Waals surface area contributed by atoms with Gasteiger partial charge in [0.05, 0.1) is 6.04 Å². The Morgan fingerprint density at radius 3 is 2.78 bits per heavy atom. The molecule has 32 heavy (non-hydrogen) atoms. The molecule has 0 bridgehead atoms. The average Bonchev–Trinajstić information content (AvgIpc) is 3.25. The fraction of sp³-hybridized carbons (Fsp3) is 0.154. The van der Waals surface area contributed by atoms with Gasteiger partial charge in [0.15, 0.2) is 0 Å². The van der Waals surface area contributed by atoms with E-state index in [1.165, 1.54) is 11.1 Å². The van der Waals surface area contributed by atoms with Crippen LogP contribution >= 0.6 is 11.8 Å². The molecule has 0 spiro atoms. The summed E-state index contributed by atoms with van der Waals surface area (Å²) in [4.78, 5) is 9.48. The number of aryl methyl sites for hydroxylation is 1. The van der Waals surface area contributed by atoms with E-state index in [9.17, 15) is 5.11 Å². The van der Waals surface area contributed by atoms with Crippen molar-refractivity contribution in [3.63, 3.8) is 0 Å². The summed E-state index contributed by atoms with van der Waals surface area (Å²) in [6.07, 6.45) is 2.17. The van der Waals surface area contributed by atoms with E-state index in [4.69, 9.17) is 9.73 Å². The molecule has 0 saturated carbocycles. The molecule has 6 rings (SSSR count). The molecule has 6 heteroatoms. The maximum absolute atomic E-state index is 10.1. The fourth-order valence-corrected chi connectivity index (χ4v) is 5.72. The number of thioether (sulfide) groups is 1. The van der Waals surface area contributed by atoms with Gasteiger partial charge in [0.25, 0.3) is 0 Å². The molecule has 0 fully saturated rings. The predicted octanol–water partition coefficient (Wildman–Crippen LogP) is 6.08. The number of fused-ring (bicyclic) bond motifs is 4. The zero-order chi connectivity index (χ0) is 20.8. The van der Waals surface area contributed by atoms with E-state index < -0.39 is 0 Å². The van der Waals surface area contributed by atoms with Crippen LogP contribution in [-0.4, -0.2) is 21.2 Å². The zero-order valence-electron chi connectivity index (χ0n) is 17.0. The van der Waals surface area contributed by atoms with Crippen LogP contribution in [-0.2, 0) is 27.5 Å². The summed E-state index contributed by atoms with van der Waals surface area (Å²) in [6.45, 7) is 0. The van der Waals surface area contributed by atoms with Crippen molar-refractivity contribution in [2.24, 2.45) is 4.99 Å². The number of para-hydroxylation sites is 1. The Labute approximate surface area is 205 Å². The third kappa shape index (κ3) is 3.85. The average molecular weight is 619 g/mol. The smallest absolute Gasteiger partial charge is 0.217 e. The Bertz CT molecular complexity index is 1340. The molecule has 0 saturated heterocycles. The van der Waals surface area contributed by atoms with Crippen LogP contribution in [0.1, 0.15) is 28.4 Å². The van der Waals surface area contributed by atoms with Crippen LogP contribution in [0, 0.1) is 6.07 Å². The first-order valence-corrected chi connectivity index (χ1v) is 11.2. The van der Waals surface area contributed by atoms with Crippen LogP contribution in [0.25, 0.3) is 10.9 Å². The number of phenols is 1. The van der Waals surface area contributed by atoms with Crippen LogP contribution in [0.3, 0.4) is 0 Å². The first kappa shape index (κ1) is 21.2. The number of benzene rings is 3. The second-order valence-electron chi connectivity index (χ2n) is 7.81. The van der Waals surface area contributed by atoms with Crippen LogP contribution in [0.5, 0.6) is 17.4 Å². The van der Waals surface area contributed by atoms with E-state index in [-0.39, 0.29) is 26.8 Å². The summed E-state index contributed by atoms with van der Waals surface area (Å²) in [7, 11) is 0. The van der Waals surface area contributed by atoms with Gasteiger partial charge >= 0.3 is 0 Å². The molecule has 2 aliphatic rings. The molecule has 1 aliphatic carbocycles. The second-order valence-corrected chi connectivity index (χ2v) is 8.94. The Balaban J connectivity index is 0.00000216. The molecule has 2 heterocycles. The third-order valence-electron chi connectivity index (χ3n) is 5.83. The van der Waals surface area contributed by atoms with Crippen molar-refractivity contribution >= 4 is 27.7 Å². The largest absolute Gasteiger partial charge is 0.506 e. The minimum atomic E-state index is 0. The number of hydrogen-bond donors (Lipinski definition) is 1. The van der Waals surface area contributed by atoms with Gasteiger partial charge in [-0.25, -0.2) is 4.98 Å². The molecule has 0 radical (unpaired) electrons. The standard InChI is InChI=1S/C26H19N2O2S.Pt/c29-22-10-4-6-17-12-14-23(28-24(17)22)30-19-8-3-7-18(15-19)26-27-21-13-11-16-5-1-2-9-20(16)25(21)31-26;/h1-10,12,14,21,25,29H,11,13H2;/q-1;/t21-,25?;/m0./s1. The first-order chi connectivity index (χ1) is 15.2. The number of rotatable bonds is 3. The molecule has 3 aromatic carbocycles. The van der Waals surface area contributed by atoms with Gasteiger partial charge in [-0.15, -0.1) is 35.5 Å². The fourth-order valence-electron chi connectivity index (χ4n) is 4.33. The van der Waals surface area contributed by atoms with Crippen molar-refractivity contribution in [1.82, 2.24) is 4.98 Å². The Kier molecular flexibility index (Phi) is 5.79. The summed E-state index contributed by atoms with van der Waals surface area (Å²) in [5.41, 5.74) is 4.32. The van der Waals surface area contributed by atoms with Crippen molar-refractivity contribution in [2.75, 3.05) is 0 Å². The Morgan fingerprint density at radius 1 is 0.969 bits per heavy atom. The van der Waals surface area contributed by atoms with Crippen LogP contribution < -0.4 is 4.74 Å². The van der Waals surface area contributed by atoms with Gasteiger partial charge in [-0.3, -0.25) is 0 Å². The van der Waals surface area contributed by atoms with Crippen molar-refractivity contribution in [3.8, 4) is 17.4 Å². The number of hydrogen-bond acceptors (Lipinski definition) is 5. The van der Waals surface area contributed by atoms with Crippen LogP contribution in [0.2, 0.25) is 0 Å². The van der Waals surface area contributed by atoms with Crippen LogP contribution in [0.15, 0.2) is 77.8 Å². The Hall–Kier alpha value is -2.62. The van der Waals surface area contributed by atoms with E-state index in [0.29, 0.717) is 28.4 Å². The molecule has 4 nitrogen and oxygen atoms in total. The number of aromatic hydroxyl groups is 1. The van der Waals surface area contributed by atoms with Crippen molar-refractivity contribution < 1.29 is 30.9 Å². The number of phenolic OH excluding ortho intramolecular Hbond substituents is 1. The molecule has 1 aromatic heterocycles. The first-order valence-electron chi connectivity index (χ1n) is 10.4. The number of ether oxygens (including phenoxy) is 1. The topological polar surface area (TPSA) is 54.7 Å². The summed E-state index contributed by atoms with van der Waals surface area (Å²) < 4.78 is 5.97. The van der Waals surface area contributed by atoms with E-state index in [1.54, 1.807) is 18.2 Å². The zero-order valence-corrected chi connectivity index (χ0v) is 20.1. The predicted molar refractivity (Wildman–Crippen MR) is 124 cm³/mol. The molecular formula is C26H19N2O2PtS-. The van der Waals surface area contributed by atoms with Gasteiger partial charge in [-0.1, -0.05) is 42.5 Å². The van der Waals surface area contributed by atoms with E-state index in [0.717, 1.165) is 28.8 Å². The monoisotopic (exact) mass is 618 g/mol. The molecule has 162 valence electrons. The van der Waals surface area contributed by atoms with Gasteiger partial charge in [-0.05, 0) is 36.1 Å². The van der Waals surface area contributed by atoms with Crippen LogP contribution in [0.4, 0.5) is 0 Å². The van der Waals surface area contributed by atoms with Crippen molar-refractivity contribution in [3.05, 3.63) is 95.6 Å². The molecule has 4 aromatic rings. The minimum absolute atomic E-state index is 0. The van der Waals surface area contributed by atoms with Crippen molar-refractivity contribution in [2.45, 2.75) is 24.1 Å². The summed E-state index contributed by atoms with van der Waals surface area (Å²) in [6, 6.07) is 27.3. The molecule has 1 aliphatic heterocycles. The molecule has 2 atom stereocenters. The van der Waals surface area contributed by atoms with E-state index >= 15 is 0 Å². The molecule has 1 N–H and O–H groups in total. The van der Waals surface area contributed by atoms with Gasteiger partial charge in [0, 0.05) is 48.6 Å². The maximum Gasteiger partial charge on any atom is 0.217 e. The normalized spacial score (nSPS) is 18.9. The molecule has 0 amide bonds.